The van der Waals surface area contributed by atoms with Crippen LogP contribution in [0.2, 0.25) is 0 Å². The van der Waals surface area contributed by atoms with Crippen LogP contribution in [-0.4, -0.2) is 36.1 Å². The topological polar surface area (TPSA) is 52.0 Å². The van der Waals surface area contributed by atoms with Crippen LogP contribution < -0.4 is 5.32 Å². The number of nitrogens with one attached hydrogen (secondary N) is 1. The second-order valence-electron chi connectivity index (χ2n) is 5.18. The van der Waals surface area contributed by atoms with Crippen LogP contribution in [-0.2, 0) is 0 Å². The van der Waals surface area contributed by atoms with E-state index in [4.69, 9.17) is 5.26 Å². The number of nitrogens with zero attached hydrogens (tertiary/aromatic N) is 3. The van der Waals surface area contributed by atoms with Crippen LogP contribution in [0.3, 0.4) is 0 Å². The van der Waals surface area contributed by atoms with Crippen molar-refractivity contribution in [2.45, 2.75) is 32.6 Å². The van der Waals surface area contributed by atoms with Gasteiger partial charge in [0.1, 0.15) is 5.82 Å². The number of pyridine rings is 1. The Labute approximate surface area is 115 Å². The fraction of sp³-hybridized carbons (Fsp3) is 0.600. The summed E-state index contributed by atoms with van der Waals surface area (Å²) in [5.41, 5.74) is 1.56. The molecule has 1 saturated heterocycles. The van der Waals surface area contributed by atoms with Crippen LogP contribution in [0.5, 0.6) is 0 Å². The fourth-order valence-electron chi connectivity index (χ4n) is 2.53. The van der Waals surface area contributed by atoms with E-state index in [0.717, 1.165) is 24.6 Å². The molecule has 1 N–H and O–H groups in total. The first kappa shape index (κ1) is 13.8. The standard InChI is InChI=1S/C15H22N4/c1-13-10-14(12-16)11-15(18-13)17-6-9-19-7-4-2-3-5-8-19/h10-11H,2-9H2,1H3,(H,17,18). The van der Waals surface area contributed by atoms with E-state index < -0.39 is 0 Å². The third-order valence-corrected chi connectivity index (χ3v) is 3.52. The number of hydrogen-bond donors (Lipinski definition) is 1. The first-order valence-electron chi connectivity index (χ1n) is 7.13. The number of aromatic nitrogens is 1. The molecule has 19 heavy (non-hydrogen) atoms. The quantitative estimate of drug-likeness (QED) is 0.901. The zero-order valence-corrected chi connectivity index (χ0v) is 11.7. The third kappa shape index (κ3) is 4.53. The van der Waals surface area contributed by atoms with Gasteiger partial charge in [0.15, 0.2) is 0 Å². The van der Waals surface area contributed by atoms with Crippen LogP contribution in [0, 0.1) is 18.3 Å². The Hall–Kier alpha value is -1.60. The lowest BCUT2D eigenvalue weighted by Crippen LogP contribution is -2.30. The van der Waals surface area contributed by atoms with Gasteiger partial charge in [-0.15, -0.1) is 0 Å². The largest absolute Gasteiger partial charge is 0.369 e. The van der Waals surface area contributed by atoms with Gasteiger partial charge in [-0.3, -0.25) is 0 Å². The highest BCUT2D eigenvalue weighted by atomic mass is 15.1. The maximum absolute atomic E-state index is 8.93. The average molecular weight is 258 g/mol. The van der Waals surface area contributed by atoms with Crippen LogP contribution >= 0.6 is 0 Å². The normalized spacial score (nSPS) is 16.6. The number of aryl methyl sites for hydroxylation is 1. The molecule has 0 aliphatic carbocycles. The van der Waals surface area contributed by atoms with Crippen molar-refractivity contribution in [2.24, 2.45) is 0 Å². The van der Waals surface area contributed by atoms with E-state index in [1.807, 2.05) is 13.0 Å². The molecular weight excluding hydrogens is 236 g/mol. The summed E-state index contributed by atoms with van der Waals surface area (Å²) in [6, 6.07) is 5.79. The van der Waals surface area contributed by atoms with E-state index >= 15 is 0 Å². The van der Waals surface area contributed by atoms with Crippen molar-refractivity contribution in [3.8, 4) is 6.07 Å². The lowest BCUT2D eigenvalue weighted by molar-refractivity contribution is 0.296. The van der Waals surface area contributed by atoms with Crippen molar-refractivity contribution in [3.05, 3.63) is 23.4 Å². The molecule has 4 heteroatoms. The third-order valence-electron chi connectivity index (χ3n) is 3.52. The number of anilines is 1. The molecule has 0 amide bonds. The molecule has 0 saturated carbocycles. The monoisotopic (exact) mass is 258 g/mol. The van der Waals surface area contributed by atoms with Gasteiger partial charge in [-0.05, 0) is 45.0 Å². The summed E-state index contributed by atoms with van der Waals surface area (Å²) in [6.07, 6.45) is 5.38. The molecule has 2 rings (SSSR count). The maximum atomic E-state index is 8.93. The molecule has 0 radical (unpaired) electrons. The van der Waals surface area contributed by atoms with Crippen molar-refractivity contribution >= 4 is 5.82 Å². The zero-order chi connectivity index (χ0) is 13.5. The lowest BCUT2D eigenvalue weighted by Gasteiger charge is -2.19. The Morgan fingerprint density at radius 2 is 2.00 bits per heavy atom. The van der Waals surface area contributed by atoms with Gasteiger partial charge in [0.2, 0.25) is 0 Å². The molecule has 1 aliphatic rings. The Kier molecular flexibility index (Phi) is 5.17. The number of nitriles is 1. The van der Waals surface area contributed by atoms with Crippen molar-refractivity contribution in [1.82, 2.24) is 9.88 Å². The summed E-state index contributed by atoms with van der Waals surface area (Å²) in [5, 5.41) is 12.3. The molecular formula is C15H22N4. The van der Waals surface area contributed by atoms with Gasteiger partial charge < -0.3 is 10.2 Å². The predicted molar refractivity (Wildman–Crippen MR) is 77.1 cm³/mol. The Bertz CT molecular complexity index is 442. The SMILES string of the molecule is Cc1cc(C#N)cc(NCCN2CCCCCC2)n1. The first-order valence-corrected chi connectivity index (χ1v) is 7.13. The average Bonchev–Trinajstić information content (AvgIpc) is 2.67. The second-order valence-corrected chi connectivity index (χ2v) is 5.18. The van der Waals surface area contributed by atoms with E-state index in [1.54, 1.807) is 6.07 Å². The number of likely N-dealkylation sites (tertiary alicyclic amines) is 1. The van der Waals surface area contributed by atoms with E-state index in [-0.39, 0.29) is 0 Å². The molecule has 1 aliphatic heterocycles. The Morgan fingerprint density at radius 3 is 2.68 bits per heavy atom. The molecule has 0 atom stereocenters. The maximum Gasteiger partial charge on any atom is 0.127 e. The molecule has 0 unspecified atom stereocenters. The Morgan fingerprint density at radius 1 is 1.26 bits per heavy atom. The fourth-order valence-corrected chi connectivity index (χ4v) is 2.53. The Balaban J connectivity index is 1.82. The number of rotatable bonds is 4. The number of hydrogen-bond acceptors (Lipinski definition) is 4. The highest BCUT2D eigenvalue weighted by Crippen LogP contribution is 2.11. The minimum absolute atomic E-state index is 0.671. The van der Waals surface area contributed by atoms with E-state index in [9.17, 15) is 0 Å². The summed E-state index contributed by atoms with van der Waals surface area (Å²) >= 11 is 0. The molecule has 1 aromatic heterocycles. The molecule has 102 valence electrons. The minimum Gasteiger partial charge on any atom is -0.369 e. The molecule has 2 heterocycles. The summed E-state index contributed by atoms with van der Waals surface area (Å²) in [6.45, 7) is 6.29. The van der Waals surface area contributed by atoms with Crippen LogP contribution in [0.4, 0.5) is 5.82 Å². The second kappa shape index (κ2) is 7.10. The lowest BCUT2D eigenvalue weighted by atomic mass is 10.2. The van der Waals surface area contributed by atoms with Gasteiger partial charge in [-0.25, -0.2) is 4.98 Å². The first-order chi connectivity index (χ1) is 9.28. The highest BCUT2D eigenvalue weighted by molar-refractivity contribution is 5.44. The summed E-state index contributed by atoms with van der Waals surface area (Å²) in [4.78, 5) is 6.92. The summed E-state index contributed by atoms with van der Waals surface area (Å²) < 4.78 is 0. The van der Waals surface area contributed by atoms with Crippen molar-refractivity contribution in [1.29, 1.82) is 5.26 Å². The van der Waals surface area contributed by atoms with E-state index in [1.165, 1.54) is 38.8 Å². The molecule has 0 spiro atoms. The highest BCUT2D eigenvalue weighted by Gasteiger charge is 2.08. The summed E-state index contributed by atoms with van der Waals surface area (Å²) in [5.74, 6) is 0.811. The van der Waals surface area contributed by atoms with E-state index in [0.29, 0.717) is 5.56 Å². The molecule has 1 aromatic rings. The van der Waals surface area contributed by atoms with Gasteiger partial charge in [0.25, 0.3) is 0 Å². The van der Waals surface area contributed by atoms with Gasteiger partial charge in [0.05, 0.1) is 11.6 Å². The zero-order valence-electron chi connectivity index (χ0n) is 11.7. The van der Waals surface area contributed by atoms with Gasteiger partial charge in [0, 0.05) is 18.8 Å². The minimum atomic E-state index is 0.671. The van der Waals surface area contributed by atoms with Crippen LogP contribution in [0.25, 0.3) is 0 Å². The predicted octanol–water partition coefficient (Wildman–Crippen LogP) is 2.55. The van der Waals surface area contributed by atoms with Crippen LogP contribution in [0.15, 0.2) is 12.1 Å². The van der Waals surface area contributed by atoms with Crippen molar-refractivity contribution in [2.75, 3.05) is 31.5 Å². The van der Waals surface area contributed by atoms with Gasteiger partial charge in [-0.1, -0.05) is 12.8 Å². The molecule has 0 bridgehead atoms. The molecule has 1 fully saturated rings. The molecule has 4 nitrogen and oxygen atoms in total. The van der Waals surface area contributed by atoms with Gasteiger partial charge >= 0.3 is 0 Å². The smallest absolute Gasteiger partial charge is 0.127 e. The van der Waals surface area contributed by atoms with Gasteiger partial charge in [-0.2, -0.15) is 5.26 Å². The summed E-state index contributed by atoms with van der Waals surface area (Å²) in [7, 11) is 0. The molecule has 0 aromatic carbocycles. The van der Waals surface area contributed by atoms with Crippen LogP contribution in [0.1, 0.15) is 36.9 Å². The van der Waals surface area contributed by atoms with Crippen molar-refractivity contribution < 1.29 is 0 Å². The van der Waals surface area contributed by atoms with E-state index in [2.05, 4.69) is 21.3 Å². The van der Waals surface area contributed by atoms with Crippen molar-refractivity contribution in [3.63, 3.8) is 0 Å².